The lowest BCUT2D eigenvalue weighted by molar-refractivity contribution is -0.119. The third-order valence-electron chi connectivity index (χ3n) is 5.76. The van der Waals surface area contributed by atoms with Gasteiger partial charge in [-0.2, -0.15) is 9.98 Å². The predicted octanol–water partition coefficient (Wildman–Crippen LogP) is 3.59. The molecule has 1 aromatic carbocycles. The smallest absolute Gasteiger partial charge is 0.245 e. The molecule has 0 aliphatic heterocycles. The van der Waals surface area contributed by atoms with Crippen LogP contribution in [0.4, 0.5) is 5.13 Å². The zero-order valence-corrected chi connectivity index (χ0v) is 19.0. The van der Waals surface area contributed by atoms with Gasteiger partial charge in [0.2, 0.25) is 15.9 Å². The fourth-order valence-corrected chi connectivity index (χ4v) is 6.35. The van der Waals surface area contributed by atoms with Gasteiger partial charge in [-0.05, 0) is 56.4 Å². The Bertz CT molecular complexity index is 1160. The van der Waals surface area contributed by atoms with Gasteiger partial charge in [-0.3, -0.25) is 4.79 Å². The Hall–Kier alpha value is -2.48. The molecule has 1 amide bonds. The summed E-state index contributed by atoms with van der Waals surface area (Å²) >= 11 is 1.31. The van der Waals surface area contributed by atoms with E-state index >= 15 is 0 Å². The minimum absolute atomic E-state index is 0.00812. The Balaban J connectivity index is 1.63. The van der Waals surface area contributed by atoms with E-state index in [0.717, 1.165) is 30.6 Å². The maximum Gasteiger partial charge on any atom is 0.245 e. The van der Waals surface area contributed by atoms with Gasteiger partial charge in [0.05, 0.1) is 23.8 Å². The molecule has 1 aromatic heterocycles. The summed E-state index contributed by atoms with van der Waals surface area (Å²) in [6, 6.07) is 6.91. The van der Waals surface area contributed by atoms with E-state index in [2.05, 4.69) is 15.0 Å². The Morgan fingerprint density at radius 3 is 2.65 bits per heavy atom. The molecule has 2 saturated carbocycles. The molecule has 0 saturated heterocycles. The zero-order chi connectivity index (χ0) is 22.2. The fraction of sp³-hybridized carbons (Fsp3) is 0.476. The van der Waals surface area contributed by atoms with E-state index in [0.29, 0.717) is 29.2 Å². The summed E-state index contributed by atoms with van der Waals surface area (Å²) in [6.45, 7) is 1.82. The molecule has 2 aliphatic carbocycles. The molecule has 0 radical (unpaired) electrons. The highest BCUT2D eigenvalue weighted by Crippen LogP contribution is 2.40. The second-order valence-electron chi connectivity index (χ2n) is 8.07. The minimum atomic E-state index is -3.96. The van der Waals surface area contributed by atoms with E-state index in [-0.39, 0.29) is 22.5 Å². The number of carbonyl (C=O) groups is 1. The summed E-state index contributed by atoms with van der Waals surface area (Å²) in [5.74, 6) is 0.222. The summed E-state index contributed by atoms with van der Waals surface area (Å²) in [7, 11) is -2.56. The van der Waals surface area contributed by atoms with Gasteiger partial charge in [0.15, 0.2) is 5.13 Å². The topological polar surface area (TPSA) is 121 Å². The van der Waals surface area contributed by atoms with Crippen LogP contribution in [0.5, 0.6) is 5.75 Å². The highest BCUT2D eigenvalue weighted by atomic mass is 32.2. The van der Waals surface area contributed by atoms with Crippen molar-refractivity contribution in [2.75, 3.05) is 12.4 Å². The molecule has 31 heavy (non-hydrogen) atoms. The molecule has 2 fully saturated rings. The second kappa shape index (κ2) is 8.22. The van der Waals surface area contributed by atoms with Crippen molar-refractivity contribution in [3.8, 4) is 22.3 Å². The SMILES string of the molecule is COc1ccc(-c2sc(NC(=O)C3CCCC3)nc2C)cc1S(=O)(=O)NC1(C#N)CC1. The van der Waals surface area contributed by atoms with E-state index in [1.54, 1.807) is 12.1 Å². The number of benzene rings is 1. The summed E-state index contributed by atoms with van der Waals surface area (Å²) in [4.78, 5) is 17.6. The molecule has 1 heterocycles. The zero-order valence-electron chi connectivity index (χ0n) is 17.4. The van der Waals surface area contributed by atoms with Gasteiger partial charge in [0.25, 0.3) is 0 Å². The maximum atomic E-state index is 13.0. The van der Waals surface area contributed by atoms with Crippen LogP contribution in [0.2, 0.25) is 0 Å². The van der Waals surface area contributed by atoms with Crippen LogP contribution < -0.4 is 14.8 Å². The van der Waals surface area contributed by atoms with Gasteiger partial charge in [-0.15, -0.1) is 0 Å². The lowest BCUT2D eigenvalue weighted by Crippen LogP contribution is -2.35. The Morgan fingerprint density at radius 2 is 2.03 bits per heavy atom. The average molecular weight is 461 g/mol. The molecule has 10 heteroatoms. The van der Waals surface area contributed by atoms with Crippen LogP contribution in [0.1, 0.15) is 44.2 Å². The molecular weight excluding hydrogens is 436 g/mol. The van der Waals surface area contributed by atoms with Crippen molar-refractivity contribution in [3.05, 3.63) is 23.9 Å². The third kappa shape index (κ3) is 4.44. The number of nitriles is 1. The van der Waals surface area contributed by atoms with E-state index in [4.69, 9.17) is 4.74 Å². The lowest BCUT2D eigenvalue weighted by Gasteiger charge is -2.14. The maximum absolute atomic E-state index is 13.0. The van der Waals surface area contributed by atoms with Gasteiger partial charge in [-0.1, -0.05) is 24.2 Å². The first-order chi connectivity index (χ1) is 14.8. The number of thiazole rings is 1. The molecule has 164 valence electrons. The van der Waals surface area contributed by atoms with Gasteiger partial charge >= 0.3 is 0 Å². The van der Waals surface area contributed by atoms with Crippen molar-refractivity contribution < 1.29 is 17.9 Å². The first-order valence-electron chi connectivity index (χ1n) is 10.2. The monoisotopic (exact) mass is 460 g/mol. The number of methoxy groups -OCH3 is 1. The van der Waals surface area contributed by atoms with Crippen LogP contribution in [0, 0.1) is 24.2 Å². The number of carbonyl (C=O) groups excluding carboxylic acids is 1. The summed E-state index contributed by atoms with van der Waals surface area (Å²) < 4.78 is 33.7. The highest BCUT2D eigenvalue weighted by molar-refractivity contribution is 7.89. The lowest BCUT2D eigenvalue weighted by atomic mass is 10.1. The number of nitrogens with zero attached hydrogens (tertiary/aromatic N) is 2. The van der Waals surface area contributed by atoms with Crippen molar-refractivity contribution in [1.82, 2.24) is 9.71 Å². The molecule has 0 unspecified atom stereocenters. The Kier molecular flexibility index (Phi) is 5.77. The van der Waals surface area contributed by atoms with E-state index in [1.165, 1.54) is 24.5 Å². The number of ether oxygens (including phenoxy) is 1. The summed E-state index contributed by atoms with van der Waals surface area (Å²) in [5, 5.41) is 12.7. The highest BCUT2D eigenvalue weighted by Gasteiger charge is 2.47. The van der Waals surface area contributed by atoms with E-state index in [9.17, 15) is 18.5 Å². The largest absolute Gasteiger partial charge is 0.495 e. The summed E-state index contributed by atoms with van der Waals surface area (Å²) in [5.41, 5.74) is 0.320. The van der Waals surface area contributed by atoms with E-state index in [1.807, 2.05) is 13.0 Å². The van der Waals surface area contributed by atoms with Crippen LogP contribution in [-0.2, 0) is 14.8 Å². The van der Waals surface area contributed by atoms with Crippen molar-refractivity contribution in [2.24, 2.45) is 5.92 Å². The van der Waals surface area contributed by atoms with Gasteiger partial charge in [0, 0.05) is 5.92 Å². The number of nitrogens with one attached hydrogen (secondary N) is 2. The molecule has 2 N–H and O–H groups in total. The average Bonchev–Trinajstić information content (AvgIpc) is 3.14. The first kappa shape index (κ1) is 21.7. The number of anilines is 1. The Labute approximate surface area is 185 Å². The molecule has 0 atom stereocenters. The van der Waals surface area contributed by atoms with Crippen LogP contribution in [-0.4, -0.2) is 32.0 Å². The number of rotatable bonds is 7. The van der Waals surface area contributed by atoms with Gasteiger partial charge in [-0.25, -0.2) is 13.4 Å². The third-order valence-corrected chi connectivity index (χ3v) is 8.44. The molecule has 0 spiro atoms. The normalized spacial score (nSPS) is 17.8. The number of sulfonamides is 1. The standard InChI is InChI=1S/C21H24N4O4S2/c1-13-18(30-20(23-13)24-19(26)14-5-3-4-6-14)15-7-8-16(29-2)17(11-15)31(27,28)25-21(12-22)9-10-21/h7-8,11,14,25H,3-6,9-10H2,1-2H3,(H,23,24,26). The van der Waals surface area contributed by atoms with E-state index < -0.39 is 15.6 Å². The second-order valence-corrected chi connectivity index (χ2v) is 10.7. The number of aryl methyl sites for hydroxylation is 1. The van der Waals surface area contributed by atoms with Crippen LogP contribution in [0.3, 0.4) is 0 Å². The molecule has 4 rings (SSSR count). The van der Waals surface area contributed by atoms with Gasteiger partial charge < -0.3 is 10.1 Å². The van der Waals surface area contributed by atoms with Crippen molar-refractivity contribution in [1.29, 1.82) is 5.26 Å². The quantitative estimate of drug-likeness (QED) is 0.651. The Morgan fingerprint density at radius 1 is 1.32 bits per heavy atom. The van der Waals surface area contributed by atoms with Gasteiger partial charge in [0.1, 0.15) is 16.2 Å². The number of aromatic nitrogens is 1. The van der Waals surface area contributed by atoms with Crippen LogP contribution >= 0.6 is 11.3 Å². The number of hydrogen-bond acceptors (Lipinski definition) is 7. The number of amides is 1. The minimum Gasteiger partial charge on any atom is -0.495 e. The molecule has 8 nitrogen and oxygen atoms in total. The molecule has 2 aromatic rings. The van der Waals surface area contributed by atoms with Crippen molar-refractivity contribution >= 4 is 32.4 Å². The molecular formula is C21H24N4O4S2. The number of hydrogen-bond donors (Lipinski definition) is 2. The molecule has 2 aliphatic rings. The first-order valence-corrected chi connectivity index (χ1v) is 12.5. The summed E-state index contributed by atoms with van der Waals surface area (Å²) in [6.07, 6.45) is 4.93. The molecule has 0 bridgehead atoms. The van der Waals surface area contributed by atoms with Crippen LogP contribution in [0.15, 0.2) is 23.1 Å². The predicted molar refractivity (Wildman–Crippen MR) is 117 cm³/mol. The fourth-order valence-electron chi connectivity index (χ4n) is 3.81. The van der Waals surface area contributed by atoms with Crippen molar-refractivity contribution in [3.63, 3.8) is 0 Å². The van der Waals surface area contributed by atoms with Crippen molar-refractivity contribution in [2.45, 2.75) is 55.9 Å². The van der Waals surface area contributed by atoms with Crippen LogP contribution in [0.25, 0.3) is 10.4 Å².